The van der Waals surface area contributed by atoms with Crippen molar-refractivity contribution in [3.05, 3.63) is 29.8 Å². The number of amides is 1. The van der Waals surface area contributed by atoms with E-state index in [0.717, 1.165) is 17.7 Å². The Morgan fingerprint density at radius 1 is 1.44 bits per heavy atom. The van der Waals surface area contributed by atoms with Gasteiger partial charge < -0.3 is 9.64 Å². The molecule has 0 heterocycles. The van der Waals surface area contributed by atoms with E-state index in [0.29, 0.717) is 12.6 Å². The fraction of sp³-hybridized carbons (Fsp3) is 0.500. The number of ether oxygens (including phenoxy) is 1. The molecular weight excluding hydrogens is 228 g/mol. The lowest BCUT2D eigenvalue weighted by atomic mass is 10.1. The van der Waals surface area contributed by atoms with Crippen molar-refractivity contribution in [3.63, 3.8) is 0 Å². The molecule has 0 fully saturated rings. The van der Waals surface area contributed by atoms with E-state index in [4.69, 9.17) is 4.74 Å². The second-order valence-corrected chi connectivity index (χ2v) is 4.53. The van der Waals surface area contributed by atoms with Crippen LogP contribution in [0.15, 0.2) is 24.3 Å². The molecule has 0 aliphatic carbocycles. The summed E-state index contributed by atoms with van der Waals surface area (Å²) >= 11 is 0. The van der Waals surface area contributed by atoms with E-state index < -0.39 is 6.09 Å². The van der Waals surface area contributed by atoms with Crippen LogP contribution in [0.3, 0.4) is 0 Å². The molecule has 1 atom stereocenters. The Labute approximate surface area is 109 Å². The minimum atomic E-state index is -0.397. The van der Waals surface area contributed by atoms with Crippen molar-refractivity contribution in [2.24, 2.45) is 0 Å². The summed E-state index contributed by atoms with van der Waals surface area (Å²) in [5.41, 5.74) is 1.93. The van der Waals surface area contributed by atoms with Gasteiger partial charge in [-0.3, -0.25) is 5.32 Å². The average Bonchev–Trinajstić information content (AvgIpc) is 2.35. The predicted octanol–water partition coefficient (Wildman–Crippen LogP) is 3.27. The van der Waals surface area contributed by atoms with E-state index in [2.05, 4.69) is 17.1 Å². The molecule has 0 aliphatic rings. The number of nitrogens with zero attached hydrogens (tertiary/aromatic N) is 1. The third-order valence-corrected chi connectivity index (χ3v) is 2.83. The highest BCUT2D eigenvalue weighted by Crippen LogP contribution is 2.20. The predicted molar refractivity (Wildman–Crippen MR) is 73.8 cm³/mol. The molecule has 0 spiro atoms. The molecule has 0 unspecified atom stereocenters. The van der Waals surface area contributed by atoms with Gasteiger partial charge in [0, 0.05) is 11.7 Å². The highest BCUT2D eigenvalue weighted by molar-refractivity contribution is 5.84. The SMILES string of the molecule is CCCOC(=O)Nc1cccc([C@H](C)N(C)C)c1. The van der Waals surface area contributed by atoms with Crippen molar-refractivity contribution in [2.45, 2.75) is 26.3 Å². The van der Waals surface area contributed by atoms with Crippen LogP contribution >= 0.6 is 0 Å². The third-order valence-electron chi connectivity index (χ3n) is 2.83. The van der Waals surface area contributed by atoms with Crippen LogP contribution in [0.25, 0.3) is 0 Å². The molecule has 0 radical (unpaired) electrons. The molecule has 1 aromatic carbocycles. The summed E-state index contributed by atoms with van der Waals surface area (Å²) < 4.78 is 4.98. The van der Waals surface area contributed by atoms with Crippen molar-refractivity contribution < 1.29 is 9.53 Å². The molecule has 18 heavy (non-hydrogen) atoms. The van der Waals surface area contributed by atoms with Gasteiger partial charge in [0.25, 0.3) is 0 Å². The van der Waals surface area contributed by atoms with Crippen molar-refractivity contribution in [1.82, 2.24) is 4.90 Å². The van der Waals surface area contributed by atoms with Crippen LogP contribution in [0.4, 0.5) is 10.5 Å². The number of anilines is 1. The zero-order chi connectivity index (χ0) is 13.5. The molecule has 0 aromatic heterocycles. The lowest BCUT2D eigenvalue weighted by Crippen LogP contribution is -2.17. The maximum Gasteiger partial charge on any atom is 0.411 e. The maximum atomic E-state index is 11.4. The smallest absolute Gasteiger partial charge is 0.411 e. The van der Waals surface area contributed by atoms with Crippen molar-refractivity contribution in [3.8, 4) is 0 Å². The van der Waals surface area contributed by atoms with Crippen molar-refractivity contribution in [2.75, 3.05) is 26.0 Å². The Morgan fingerprint density at radius 2 is 2.17 bits per heavy atom. The number of hydrogen-bond donors (Lipinski definition) is 1. The summed E-state index contributed by atoms with van der Waals surface area (Å²) in [4.78, 5) is 13.6. The zero-order valence-corrected chi connectivity index (χ0v) is 11.6. The van der Waals surface area contributed by atoms with Gasteiger partial charge >= 0.3 is 6.09 Å². The van der Waals surface area contributed by atoms with E-state index in [9.17, 15) is 4.79 Å². The first-order chi connectivity index (χ1) is 8.54. The fourth-order valence-electron chi connectivity index (χ4n) is 1.52. The van der Waals surface area contributed by atoms with E-state index in [1.807, 2.05) is 45.3 Å². The molecule has 1 amide bonds. The molecule has 0 saturated carbocycles. The summed E-state index contributed by atoms with van der Waals surface area (Å²) in [6.07, 6.45) is 0.428. The Morgan fingerprint density at radius 3 is 2.78 bits per heavy atom. The molecule has 1 rings (SSSR count). The Bertz CT molecular complexity index is 391. The van der Waals surface area contributed by atoms with Gasteiger partial charge in [0.05, 0.1) is 6.61 Å². The van der Waals surface area contributed by atoms with E-state index in [-0.39, 0.29) is 0 Å². The van der Waals surface area contributed by atoms with Crippen LogP contribution < -0.4 is 5.32 Å². The first-order valence-corrected chi connectivity index (χ1v) is 6.24. The molecule has 100 valence electrons. The van der Waals surface area contributed by atoms with E-state index in [1.165, 1.54) is 0 Å². The average molecular weight is 250 g/mol. The van der Waals surface area contributed by atoms with Gasteiger partial charge in [0.2, 0.25) is 0 Å². The normalized spacial score (nSPS) is 12.3. The zero-order valence-electron chi connectivity index (χ0n) is 11.6. The van der Waals surface area contributed by atoms with E-state index in [1.54, 1.807) is 0 Å². The largest absolute Gasteiger partial charge is 0.449 e. The van der Waals surface area contributed by atoms with Crippen molar-refractivity contribution >= 4 is 11.8 Å². The number of benzene rings is 1. The van der Waals surface area contributed by atoms with Gasteiger partial charge in [0.15, 0.2) is 0 Å². The van der Waals surface area contributed by atoms with Crippen LogP contribution in [-0.2, 0) is 4.74 Å². The highest BCUT2D eigenvalue weighted by atomic mass is 16.5. The van der Waals surface area contributed by atoms with Gasteiger partial charge in [-0.05, 0) is 45.1 Å². The summed E-state index contributed by atoms with van der Waals surface area (Å²) in [5.74, 6) is 0. The lowest BCUT2D eigenvalue weighted by molar-refractivity contribution is 0.161. The first kappa shape index (κ1) is 14.5. The first-order valence-electron chi connectivity index (χ1n) is 6.24. The quantitative estimate of drug-likeness (QED) is 0.872. The number of carbonyl (C=O) groups excluding carboxylic acids is 1. The lowest BCUT2D eigenvalue weighted by Gasteiger charge is -2.20. The third kappa shape index (κ3) is 4.37. The molecule has 1 N–H and O–H groups in total. The summed E-state index contributed by atoms with van der Waals surface area (Å²) in [6, 6.07) is 8.12. The van der Waals surface area contributed by atoms with Crippen LogP contribution in [0.5, 0.6) is 0 Å². The highest BCUT2D eigenvalue weighted by Gasteiger charge is 2.09. The molecular formula is C14H22N2O2. The van der Waals surface area contributed by atoms with Gasteiger partial charge in [-0.25, -0.2) is 4.79 Å². The summed E-state index contributed by atoms with van der Waals surface area (Å²) in [7, 11) is 4.06. The van der Waals surface area contributed by atoms with E-state index >= 15 is 0 Å². The maximum absolute atomic E-state index is 11.4. The second-order valence-electron chi connectivity index (χ2n) is 4.53. The number of rotatable bonds is 5. The Kier molecular flexibility index (Phi) is 5.65. The van der Waals surface area contributed by atoms with Crippen LogP contribution in [0, 0.1) is 0 Å². The minimum Gasteiger partial charge on any atom is -0.449 e. The standard InChI is InChI=1S/C14H22N2O2/c1-5-9-18-14(17)15-13-8-6-7-12(10-13)11(2)16(3)4/h6-8,10-11H,5,9H2,1-4H3,(H,15,17)/t11-/m0/s1. The molecule has 0 aliphatic heterocycles. The van der Waals surface area contributed by atoms with Crippen LogP contribution in [0.1, 0.15) is 31.9 Å². The Hall–Kier alpha value is -1.55. The minimum absolute atomic E-state index is 0.304. The molecule has 4 heteroatoms. The number of nitrogens with one attached hydrogen (secondary N) is 1. The van der Waals surface area contributed by atoms with Gasteiger partial charge in [-0.1, -0.05) is 19.1 Å². The molecule has 0 bridgehead atoms. The summed E-state index contributed by atoms with van der Waals surface area (Å²) in [6.45, 7) is 4.53. The monoisotopic (exact) mass is 250 g/mol. The van der Waals surface area contributed by atoms with Gasteiger partial charge in [-0.15, -0.1) is 0 Å². The Balaban J connectivity index is 2.67. The number of carbonyl (C=O) groups is 1. The van der Waals surface area contributed by atoms with Crippen LogP contribution in [0.2, 0.25) is 0 Å². The fourth-order valence-corrected chi connectivity index (χ4v) is 1.52. The van der Waals surface area contributed by atoms with Crippen molar-refractivity contribution in [1.29, 1.82) is 0 Å². The number of hydrogen-bond acceptors (Lipinski definition) is 3. The van der Waals surface area contributed by atoms with Gasteiger partial charge in [-0.2, -0.15) is 0 Å². The molecule has 4 nitrogen and oxygen atoms in total. The molecule has 0 saturated heterocycles. The molecule has 1 aromatic rings. The van der Waals surface area contributed by atoms with Gasteiger partial charge in [0.1, 0.15) is 0 Å². The topological polar surface area (TPSA) is 41.6 Å². The van der Waals surface area contributed by atoms with Crippen LogP contribution in [-0.4, -0.2) is 31.7 Å². The summed E-state index contributed by atoms with van der Waals surface area (Å²) in [5, 5.41) is 2.73. The second kappa shape index (κ2) is 7.01.